The first kappa shape index (κ1) is 12.7. The van der Waals surface area contributed by atoms with Gasteiger partial charge in [-0.25, -0.2) is 14.4 Å². The van der Waals surface area contributed by atoms with Crippen LogP contribution in [0.5, 0.6) is 0 Å². The lowest BCUT2D eigenvalue weighted by Crippen LogP contribution is -1.92. The molecule has 94 valence electrons. The van der Waals surface area contributed by atoms with E-state index in [0.717, 1.165) is 20.0 Å². The molecular weight excluding hydrogens is 378 g/mol. The van der Waals surface area contributed by atoms with Crippen LogP contribution in [0.4, 0.5) is 4.39 Å². The predicted octanol–water partition coefficient (Wildman–Crippen LogP) is 4.69. The Labute approximate surface area is 127 Å². The van der Waals surface area contributed by atoms with E-state index in [-0.39, 0.29) is 5.82 Å². The smallest absolute Gasteiger partial charge is 0.161 e. The molecular formula is C14H7ClFIN2. The Morgan fingerprint density at radius 3 is 2.47 bits per heavy atom. The van der Waals surface area contributed by atoms with Crippen LogP contribution in [0.25, 0.3) is 22.3 Å². The van der Waals surface area contributed by atoms with Crippen molar-refractivity contribution in [2.75, 3.05) is 0 Å². The molecule has 5 heteroatoms. The number of benzene rings is 2. The fraction of sp³-hybridized carbons (Fsp3) is 0. The normalized spacial score (nSPS) is 10.9. The maximum Gasteiger partial charge on any atom is 0.161 e. The molecule has 1 heterocycles. The molecule has 0 aliphatic heterocycles. The van der Waals surface area contributed by atoms with Crippen LogP contribution in [0.3, 0.4) is 0 Å². The number of hydrogen-bond donors (Lipinski definition) is 0. The average molecular weight is 385 g/mol. The summed E-state index contributed by atoms with van der Waals surface area (Å²) in [6.07, 6.45) is 0. The van der Waals surface area contributed by atoms with E-state index in [2.05, 4.69) is 32.6 Å². The monoisotopic (exact) mass is 384 g/mol. The molecule has 3 rings (SSSR count). The third-order valence-corrected chi connectivity index (χ3v) is 3.67. The molecule has 0 radical (unpaired) electrons. The van der Waals surface area contributed by atoms with Crippen molar-refractivity contribution in [3.05, 3.63) is 57.0 Å². The molecule has 0 unspecified atom stereocenters. The van der Waals surface area contributed by atoms with Gasteiger partial charge in [-0.2, -0.15) is 0 Å². The lowest BCUT2D eigenvalue weighted by molar-refractivity contribution is 0.628. The highest BCUT2D eigenvalue weighted by Gasteiger charge is 2.08. The van der Waals surface area contributed by atoms with Crippen LogP contribution in [0.15, 0.2) is 42.5 Å². The van der Waals surface area contributed by atoms with Crippen LogP contribution < -0.4 is 0 Å². The largest absolute Gasteiger partial charge is 0.228 e. The Morgan fingerprint density at radius 2 is 1.74 bits per heavy atom. The van der Waals surface area contributed by atoms with Crippen LogP contribution in [0, 0.1) is 9.39 Å². The molecule has 0 aliphatic carbocycles. The highest BCUT2D eigenvalue weighted by molar-refractivity contribution is 14.1. The van der Waals surface area contributed by atoms with E-state index in [1.807, 2.05) is 18.2 Å². The molecule has 0 atom stereocenters. The maximum atomic E-state index is 12.9. The molecule has 0 bridgehead atoms. The summed E-state index contributed by atoms with van der Waals surface area (Å²) in [5.74, 6) is 0.212. The van der Waals surface area contributed by atoms with Crippen molar-refractivity contribution in [1.29, 1.82) is 0 Å². The number of aromatic nitrogens is 2. The van der Waals surface area contributed by atoms with Gasteiger partial charge < -0.3 is 0 Å². The summed E-state index contributed by atoms with van der Waals surface area (Å²) in [5, 5.41) is 1.22. The molecule has 3 aromatic rings. The zero-order valence-electron chi connectivity index (χ0n) is 9.57. The lowest BCUT2D eigenvalue weighted by Gasteiger charge is -2.05. The van der Waals surface area contributed by atoms with Gasteiger partial charge in [-0.3, -0.25) is 0 Å². The third-order valence-electron chi connectivity index (χ3n) is 2.71. The highest BCUT2D eigenvalue weighted by atomic mass is 127. The van der Waals surface area contributed by atoms with Crippen molar-refractivity contribution < 1.29 is 4.39 Å². The van der Waals surface area contributed by atoms with E-state index in [0.29, 0.717) is 11.0 Å². The van der Waals surface area contributed by atoms with Crippen LogP contribution in [0.1, 0.15) is 0 Å². The molecule has 0 amide bonds. The van der Waals surface area contributed by atoms with Crippen molar-refractivity contribution in [2.45, 2.75) is 0 Å². The van der Waals surface area contributed by atoms with Crippen LogP contribution in [-0.2, 0) is 0 Å². The Kier molecular flexibility index (Phi) is 3.36. The number of nitrogens with zero attached hydrogens (tertiary/aromatic N) is 2. The van der Waals surface area contributed by atoms with E-state index in [1.165, 1.54) is 12.1 Å². The lowest BCUT2D eigenvalue weighted by atomic mass is 10.2. The van der Waals surface area contributed by atoms with Gasteiger partial charge in [0.1, 0.15) is 11.0 Å². The Morgan fingerprint density at radius 1 is 1.00 bits per heavy atom. The first-order valence-corrected chi connectivity index (χ1v) is 6.98. The van der Waals surface area contributed by atoms with Crippen LogP contribution >= 0.6 is 34.2 Å². The molecule has 2 nitrogen and oxygen atoms in total. The standard InChI is InChI=1S/C14H7ClFIN2/c15-13-11-7-10(17)5-6-12(11)18-14(19-13)8-1-3-9(16)4-2-8/h1-7H. The minimum Gasteiger partial charge on any atom is -0.228 e. The zero-order chi connectivity index (χ0) is 13.4. The fourth-order valence-electron chi connectivity index (χ4n) is 1.79. The number of fused-ring (bicyclic) bond motifs is 1. The number of rotatable bonds is 1. The van der Waals surface area contributed by atoms with E-state index >= 15 is 0 Å². The topological polar surface area (TPSA) is 25.8 Å². The van der Waals surface area contributed by atoms with Gasteiger partial charge in [0.2, 0.25) is 0 Å². The second-order valence-corrected chi connectivity index (χ2v) is 5.61. The van der Waals surface area contributed by atoms with Crippen molar-refractivity contribution >= 4 is 45.1 Å². The Hall–Kier alpha value is -1.27. The SMILES string of the molecule is Fc1ccc(-c2nc(Cl)c3cc(I)ccc3n2)cc1. The summed E-state index contributed by atoms with van der Waals surface area (Å²) in [7, 11) is 0. The quantitative estimate of drug-likeness (QED) is 0.449. The molecule has 19 heavy (non-hydrogen) atoms. The summed E-state index contributed by atoms with van der Waals surface area (Å²) < 4.78 is 14.0. The molecule has 0 N–H and O–H groups in total. The van der Waals surface area contributed by atoms with Gasteiger partial charge in [-0.1, -0.05) is 11.6 Å². The van der Waals surface area contributed by atoms with Crippen molar-refractivity contribution in [3.63, 3.8) is 0 Å². The Balaban J connectivity index is 2.20. The maximum absolute atomic E-state index is 12.9. The van der Waals surface area contributed by atoms with Crippen LogP contribution in [-0.4, -0.2) is 9.97 Å². The Bertz CT molecular complexity index is 759. The molecule has 0 spiro atoms. The summed E-state index contributed by atoms with van der Waals surface area (Å²) in [6.45, 7) is 0. The average Bonchev–Trinajstić information content (AvgIpc) is 2.40. The highest BCUT2D eigenvalue weighted by Crippen LogP contribution is 2.26. The first-order valence-electron chi connectivity index (χ1n) is 5.52. The second kappa shape index (κ2) is 5.02. The molecule has 0 saturated heterocycles. The zero-order valence-corrected chi connectivity index (χ0v) is 12.5. The van der Waals surface area contributed by atoms with E-state index in [1.54, 1.807) is 12.1 Å². The van der Waals surface area contributed by atoms with Gasteiger partial charge in [0, 0.05) is 14.5 Å². The summed E-state index contributed by atoms with van der Waals surface area (Å²) in [5.41, 5.74) is 1.52. The summed E-state index contributed by atoms with van der Waals surface area (Å²) in [6, 6.07) is 11.8. The third kappa shape index (κ3) is 2.55. The number of halogens is 3. The van der Waals surface area contributed by atoms with Crippen molar-refractivity contribution in [2.24, 2.45) is 0 Å². The first-order chi connectivity index (χ1) is 9.13. The van der Waals surface area contributed by atoms with Gasteiger partial charge in [-0.15, -0.1) is 0 Å². The second-order valence-electron chi connectivity index (χ2n) is 4.01. The minimum atomic E-state index is -0.287. The van der Waals surface area contributed by atoms with Crippen molar-refractivity contribution in [3.8, 4) is 11.4 Å². The van der Waals surface area contributed by atoms with Crippen molar-refractivity contribution in [1.82, 2.24) is 9.97 Å². The summed E-state index contributed by atoms with van der Waals surface area (Å²) >= 11 is 8.40. The predicted molar refractivity (Wildman–Crippen MR) is 82.7 cm³/mol. The van der Waals surface area contributed by atoms with Crippen LogP contribution in [0.2, 0.25) is 5.15 Å². The fourth-order valence-corrected chi connectivity index (χ4v) is 2.51. The van der Waals surface area contributed by atoms with Gasteiger partial charge in [0.15, 0.2) is 5.82 Å². The molecule has 1 aromatic heterocycles. The van der Waals surface area contributed by atoms with Gasteiger partial charge >= 0.3 is 0 Å². The molecule has 0 saturated carbocycles. The van der Waals surface area contributed by atoms with E-state index in [4.69, 9.17) is 11.6 Å². The van der Waals surface area contributed by atoms with E-state index < -0.39 is 0 Å². The minimum absolute atomic E-state index is 0.287. The summed E-state index contributed by atoms with van der Waals surface area (Å²) in [4.78, 5) is 8.73. The molecule has 2 aromatic carbocycles. The number of hydrogen-bond acceptors (Lipinski definition) is 2. The van der Waals surface area contributed by atoms with Gasteiger partial charge in [-0.05, 0) is 65.1 Å². The van der Waals surface area contributed by atoms with E-state index in [9.17, 15) is 4.39 Å². The molecule has 0 aliphatic rings. The van der Waals surface area contributed by atoms with Gasteiger partial charge in [0.25, 0.3) is 0 Å². The molecule has 0 fully saturated rings. The van der Waals surface area contributed by atoms with Gasteiger partial charge in [0.05, 0.1) is 5.52 Å².